The average molecular weight is 336 g/mol. The first-order valence-electron chi connectivity index (χ1n) is 7.60. The van der Waals surface area contributed by atoms with E-state index in [-0.39, 0.29) is 5.78 Å². The van der Waals surface area contributed by atoms with Gasteiger partial charge in [0.25, 0.3) is 0 Å². The zero-order valence-corrected chi connectivity index (χ0v) is 14.5. The number of rotatable bonds is 8. The number of carbonyl (C=O) groups excluding carboxylic acids is 1. The number of hydrogen-bond acceptors (Lipinski definition) is 3. The predicted molar refractivity (Wildman–Crippen MR) is 101 cm³/mol. The summed E-state index contributed by atoms with van der Waals surface area (Å²) in [5, 5.41) is 0. The van der Waals surface area contributed by atoms with Crippen molar-refractivity contribution in [3.8, 4) is 0 Å². The van der Waals surface area contributed by atoms with Crippen LogP contribution in [0.1, 0.15) is 15.9 Å². The molecule has 24 heavy (non-hydrogen) atoms. The monoisotopic (exact) mass is 336 g/mol. The average Bonchev–Trinajstić information content (AvgIpc) is 2.63. The Morgan fingerprint density at radius 2 is 1.75 bits per heavy atom. The Balaban J connectivity index is 2.24. The van der Waals surface area contributed by atoms with Gasteiger partial charge in [0.15, 0.2) is 11.9 Å². The molecule has 0 saturated carbocycles. The largest absolute Gasteiger partial charge is 0.294 e. The number of hydrogen-bond donors (Lipinski definition) is 0. The Hall–Kier alpha value is -2.36. The van der Waals surface area contributed by atoms with Gasteiger partial charge in [-0.3, -0.25) is 8.98 Å². The number of carbonyl (C=O) groups is 1. The summed E-state index contributed by atoms with van der Waals surface area (Å²) in [7, 11) is 0. The minimum Gasteiger partial charge on any atom is -0.294 e. The Labute approximate surface area is 147 Å². The van der Waals surface area contributed by atoms with E-state index in [2.05, 4.69) is 13.2 Å². The van der Waals surface area contributed by atoms with Crippen LogP contribution < -0.4 is 0 Å². The van der Waals surface area contributed by atoms with E-state index in [0.29, 0.717) is 11.1 Å². The van der Waals surface area contributed by atoms with E-state index in [1.807, 2.05) is 49.4 Å². The van der Waals surface area contributed by atoms with Crippen molar-refractivity contribution in [3.05, 3.63) is 103 Å². The van der Waals surface area contributed by atoms with Crippen LogP contribution in [0.4, 0.5) is 0 Å². The SMILES string of the molecule is C=C/C=C(\C=C)C(OSc1ccc(C)cc1)C(=O)c1ccccc1. The number of benzene rings is 2. The minimum atomic E-state index is -0.741. The van der Waals surface area contributed by atoms with Crippen LogP contribution in [0.2, 0.25) is 0 Å². The lowest BCUT2D eigenvalue weighted by Gasteiger charge is -2.17. The second-order valence-electron chi connectivity index (χ2n) is 5.21. The van der Waals surface area contributed by atoms with Crippen molar-refractivity contribution in [1.82, 2.24) is 0 Å². The molecular formula is C21H20O2S. The van der Waals surface area contributed by atoms with Gasteiger partial charge < -0.3 is 0 Å². The molecule has 122 valence electrons. The molecule has 0 spiro atoms. The van der Waals surface area contributed by atoms with Crippen molar-refractivity contribution in [3.63, 3.8) is 0 Å². The summed E-state index contributed by atoms with van der Waals surface area (Å²) in [5.41, 5.74) is 2.46. The molecule has 1 atom stereocenters. The summed E-state index contributed by atoms with van der Waals surface area (Å²) in [6.07, 6.45) is 4.26. The topological polar surface area (TPSA) is 26.3 Å². The Bertz CT molecular complexity index is 730. The molecule has 0 radical (unpaired) electrons. The maximum absolute atomic E-state index is 12.8. The Kier molecular flexibility index (Phi) is 6.79. The summed E-state index contributed by atoms with van der Waals surface area (Å²) >= 11 is 1.19. The summed E-state index contributed by atoms with van der Waals surface area (Å²) in [4.78, 5) is 13.8. The molecule has 0 heterocycles. The first-order valence-corrected chi connectivity index (χ1v) is 8.34. The highest BCUT2D eigenvalue weighted by atomic mass is 32.2. The molecule has 0 fully saturated rings. The lowest BCUT2D eigenvalue weighted by Crippen LogP contribution is -2.24. The molecule has 0 aromatic heterocycles. The van der Waals surface area contributed by atoms with Crippen molar-refractivity contribution in [2.75, 3.05) is 0 Å². The molecule has 0 N–H and O–H groups in total. The van der Waals surface area contributed by atoms with Gasteiger partial charge in [0.2, 0.25) is 0 Å². The number of ketones is 1. The van der Waals surface area contributed by atoms with Gasteiger partial charge in [0.05, 0.1) is 0 Å². The fraction of sp³-hybridized carbons (Fsp3) is 0.0952. The van der Waals surface area contributed by atoms with Gasteiger partial charge >= 0.3 is 0 Å². The summed E-state index contributed by atoms with van der Waals surface area (Å²) in [6, 6.07) is 17.1. The summed E-state index contributed by atoms with van der Waals surface area (Å²) in [6.45, 7) is 9.51. The summed E-state index contributed by atoms with van der Waals surface area (Å²) < 4.78 is 5.87. The molecule has 2 aromatic carbocycles. The zero-order valence-electron chi connectivity index (χ0n) is 13.6. The standard InChI is InChI=1S/C21H20O2S/c1-4-9-17(5-2)21(20(22)18-10-7-6-8-11-18)23-24-19-14-12-16(3)13-15-19/h4-15,21H,1-2H2,3H3/b17-9+. The molecule has 0 amide bonds. The second-order valence-corrected chi connectivity index (χ2v) is 6.04. The maximum Gasteiger partial charge on any atom is 0.197 e. The first-order chi connectivity index (χ1) is 11.7. The Morgan fingerprint density at radius 3 is 2.33 bits per heavy atom. The van der Waals surface area contributed by atoms with Crippen LogP contribution in [-0.2, 0) is 4.18 Å². The fourth-order valence-electron chi connectivity index (χ4n) is 2.10. The van der Waals surface area contributed by atoms with Crippen molar-refractivity contribution < 1.29 is 8.98 Å². The van der Waals surface area contributed by atoms with E-state index in [4.69, 9.17) is 4.18 Å². The molecule has 2 nitrogen and oxygen atoms in total. The number of allylic oxidation sites excluding steroid dienone is 2. The molecule has 0 aliphatic rings. The quantitative estimate of drug-likeness (QED) is 0.358. The number of Topliss-reactive ketones (excluding diaryl/α,β-unsaturated/α-hetero) is 1. The van der Waals surface area contributed by atoms with Crippen LogP contribution in [0.15, 0.2) is 96.5 Å². The van der Waals surface area contributed by atoms with Crippen LogP contribution in [0.3, 0.4) is 0 Å². The predicted octanol–water partition coefficient (Wildman–Crippen LogP) is 5.57. The van der Waals surface area contributed by atoms with E-state index in [0.717, 1.165) is 4.90 Å². The Morgan fingerprint density at radius 1 is 1.08 bits per heavy atom. The van der Waals surface area contributed by atoms with Gasteiger partial charge in [-0.1, -0.05) is 79.4 Å². The lowest BCUT2D eigenvalue weighted by molar-refractivity contribution is 0.0867. The highest BCUT2D eigenvalue weighted by Gasteiger charge is 2.24. The second kappa shape index (κ2) is 9.06. The first kappa shape index (κ1) is 18.0. The van der Waals surface area contributed by atoms with Crippen molar-refractivity contribution in [2.24, 2.45) is 0 Å². The van der Waals surface area contributed by atoms with Crippen molar-refractivity contribution >= 4 is 17.8 Å². The van der Waals surface area contributed by atoms with Gasteiger partial charge in [0.1, 0.15) is 0 Å². The van der Waals surface area contributed by atoms with E-state index in [1.54, 1.807) is 30.4 Å². The third kappa shape index (κ3) is 4.82. The molecule has 0 saturated heterocycles. The normalized spacial score (nSPS) is 12.5. The van der Waals surface area contributed by atoms with Gasteiger partial charge in [-0.25, -0.2) is 0 Å². The highest BCUT2D eigenvalue weighted by molar-refractivity contribution is 7.94. The van der Waals surface area contributed by atoms with Crippen LogP contribution in [0, 0.1) is 6.92 Å². The van der Waals surface area contributed by atoms with E-state index >= 15 is 0 Å². The zero-order chi connectivity index (χ0) is 17.4. The maximum atomic E-state index is 12.8. The van der Waals surface area contributed by atoms with Crippen molar-refractivity contribution in [2.45, 2.75) is 17.9 Å². The highest BCUT2D eigenvalue weighted by Crippen LogP contribution is 2.26. The van der Waals surface area contributed by atoms with Crippen LogP contribution >= 0.6 is 12.0 Å². The van der Waals surface area contributed by atoms with E-state index < -0.39 is 6.10 Å². The molecule has 2 aromatic rings. The van der Waals surface area contributed by atoms with Crippen molar-refractivity contribution in [1.29, 1.82) is 0 Å². The third-order valence-electron chi connectivity index (χ3n) is 3.41. The molecular weight excluding hydrogens is 316 g/mol. The van der Waals surface area contributed by atoms with Crippen LogP contribution in [0.5, 0.6) is 0 Å². The van der Waals surface area contributed by atoms with Gasteiger partial charge in [-0.15, -0.1) is 0 Å². The van der Waals surface area contributed by atoms with Gasteiger partial charge in [-0.2, -0.15) is 0 Å². The van der Waals surface area contributed by atoms with E-state index in [1.165, 1.54) is 17.6 Å². The molecule has 0 aliphatic carbocycles. The minimum absolute atomic E-state index is 0.108. The van der Waals surface area contributed by atoms with E-state index in [9.17, 15) is 4.79 Å². The third-order valence-corrected chi connectivity index (χ3v) is 4.16. The molecule has 0 bridgehead atoms. The molecule has 0 aliphatic heterocycles. The number of aryl methyl sites for hydroxylation is 1. The molecule has 1 unspecified atom stereocenters. The molecule has 3 heteroatoms. The van der Waals surface area contributed by atoms with Crippen LogP contribution in [-0.4, -0.2) is 11.9 Å². The van der Waals surface area contributed by atoms with Gasteiger partial charge in [0, 0.05) is 22.5 Å². The fourth-order valence-corrected chi connectivity index (χ4v) is 2.75. The smallest absolute Gasteiger partial charge is 0.197 e. The van der Waals surface area contributed by atoms with Crippen LogP contribution in [0.25, 0.3) is 0 Å². The summed E-state index contributed by atoms with van der Waals surface area (Å²) in [5.74, 6) is -0.108. The lowest BCUT2D eigenvalue weighted by atomic mass is 10.00. The molecule has 2 rings (SSSR count). The van der Waals surface area contributed by atoms with Gasteiger partial charge in [-0.05, 0) is 24.6 Å².